The van der Waals surface area contributed by atoms with E-state index in [4.69, 9.17) is 9.47 Å². The Morgan fingerprint density at radius 1 is 1.27 bits per heavy atom. The fourth-order valence-corrected chi connectivity index (χ4v) is 2.98. The Kier molecular flexibility index (Phi) is 8.46. The summed E-state index contributed by atoms with van der Waals surface area (Å²) in [4.78, 5) is 29.0. The predicted molar refractivity (Wildman–Crippen MR) is 120 cm³/mol. The fraction of sp³-hybridized carbons (Fsp3) is 0.429. The van der Waals surface area contributed by atoms with E-state index in [-0.39, 0.29) is 0 Å². The van der Waals surface area contributed by atoms with Crippen molar-refractivity contribution >= 4 is 40.9 Å². The second kappa shape index (κ2) is 10.8. The Bertz CT molecular complexity index is 912. The number of hydrogen-bond donors (Lipinski definition) is 2. The number of pyridine rings is 1. The molecule has 2 rings (SSSR count). The minimum absolute atomic E-state index is 0.420. The van der Waals surface area contributed by atoms with Crippen molar-refractivity contribution in [2.24, 2.45) is 5.10 Å². The van der Waals surface area contributed by atoms with Gasteiger partial charge in [-0.05, 0) is 63.5 Å². The van der Waals surface area contributed by atoms with Crippen LogP contribution in [-0.2, 0) is 9.53 Å². The van der Waals surface area contributed by atoms with Crippen LogP contribution in [0.2, 0.25) is 0 Å². The summed E-state index contributed by atoms with van der Waals surface area (Å²) in [7, 11) is 1.61. The number of nitrogens with one attached hydrogen (secondary N) is 2. The summed E-state index contributed by atoms with van der Waals surface area (Å²) in [5, 5.41) is 7.53. The van der Waals surface area contributed by atoms with Crippen molar-refractivity contribution < 1.29 is 19.1 Å². The molecule has 30 heavy (non-hydrogen) atoms. The number of aromatic nitrogens is 1. The molecular formula is C21H28N4O4S. The Morgan fingerprint density at radius 3 is 2.70 bits per heavy atom. The molecule has 0 radical (unpaired) electrons. The maximum atomic E-state index is 12.5. The molecule has 0 saturated carbocycles. The average Bonchev–Trinajstić information content (AvgIpc) is 2.69. The third kappa shape index (κ3) is 7.55. The minimum atomic E-state index is -0.749. The second-order valence-electron chi connectivity index (χ2n) is 7.51. The monoisotopic (exact) mass is 432 g/mol. The number of benzene rings is 1. The number of carbonyl (C=O) groups excluding carboxylic acids is 2. The van der Waals surface area contributed by atoms with Gasteiger partial charge in [-0.15, -0.1) is 0 Å². The average molecular weight is 433 g/mol. The van der Waals surface area contributed by atoms with Gasteiger partial charge in [0.1, 0.15) is 17.4 Å². The number of methoxy groups -OCH3 is 1. The largest absolute Gasteiger partial charge is 0.497 e. The normalized spacial score (nSPS) is 12.6. The number of hydrogen-bond acceptors (Lipinski definition) is 7. The Morgan fingerprint density at radius 2 is 2.03 bits per heavy atom. The summed E-state index contributed by atoms with van der Waals surface area (Å²) >= 11 is 1.58. The van der Waals surface area contributed by atoms with Crippen molar-refractivity contribution in [3.63, 3.8) is 0 Å². The number of nitrogens with zero attached hydrogens (tertiary/aromatic N) is 2. The molecule has 2 N–H and O–H groups in total. The third-order valence-corrected chi connectivity index (χ3v) is 4.55. The Hall–Kier alpha value is -2.81. The fourth-order valence-electron chi connectivity index (χ4n) is 2.51. The van der Waals surface area contributed by atoms with Gasteiger partial charge in [0.05, 0.1) is 24.5 Å². The van der Waals surface area contributed by atoms with E-state index in [2.05, 4.69) is 20.8 Å². The first-order chi connectivity index (χ1) is 14.2. The van der Waals surface area contributed by atoms with Crippen LogP contribution >= 0.6 is 11.8 Å². The first kappa shape index (κ1) is 23.5. The van der Waals surface area contributed by atoms with Gasteiger partial charge in [0, 0.05) is 5.39 Å². The molecule has 0 fully saturated rings. The first-order valence-electron chi connectivity index (χ1n) is 9.48. The number of thioether (sulfide) groups is 1. The van der Waals surface area contributed by atoms with E-state index in [1.165, 1.54) is 6.21 Å². The van der Waals surface area contributed by atoms with E-state index >= 15 is 0 Å². The summed E-state index contributed by atoms with van der Waals surface area (Å²) in [5.41, 5.74) is 3.20. The highest BCUT2D eigenvalue weighted by atomic mass is 32.2. The molecule has 2 aromatic rings. The van der Waals surface area contributed by atoms with Crippen LogP contribution in [0.15, 0.2) is 35.4 Å². The summed E-state index contributed by atoms with van der Waals surface area (Å²) in [6, 6.07) is 8.52. The number of hydrazone groups is 1. The molecule has 0 aliphatic carbocycles. The van der Waals surface area contributed by atoms with Gasteiger partial charge in [-0.25, -0.2) is 15.2 Å². The number of alkyl carbamates (subject to hydrolysis) is 1. The molecule has 162 valence electrons. The zero-order valence-electron chi connectivity index (χ0n) is 17.9. The molecule has 8 nitrogen and oxygen atoms in total. The molecular weight excluding hydrogens is 404 g/mol. The van der Waals surface area contributed by atoms with Gasteiger partial charge in [0.2, 0.25) is 0 Å². The molecule has 0 aliphatic rings. The Balaban J connectivity index is 2.01. The van der Waals surface area contributed by atoms with Gasteiger partial charge in [0.25, 0.3) is 5.91 Å². The zero-order chi connectivity index (χ0) is 22.1. The molecule has 0 aliphatic heterocycles. The van der Waals surface area contributed by atoms with Gasteiger partial charge >= 0.3 is 6.09 Å². The molecule has 1 aromatic heterocycles. The van der Waals surface area contributed by atoms with E-state index in [9.17, 15) is 9.59 Å². The molecule has 0 spiro atoms. The molecule has 0 saturated heterocycles. The minimum Gasteiger partial charge on any atom is -0.497 e. The number of fused-ring (bicyclic) bond motifs is 1. The second-order valence-corrected chi connectivity index (χ2v) is 8.49. The number of carbonyl (C=O) groups is 2. The van der Waals surface area contributed by atoms with Gasteiger partial charge < -0.3 is 14.8 Å². The first-order valence-corrected chi connectivity index (χ1v) is 10.9. The highest BCUT2D eigenvalue weighted by Crippen LogP contribution is 2.19. The van der Waals surface area contributed by atoms with Crippen molar-refractivity contribution in [3.8, 4) is 5.75 Å². The maximum Gasteiger partial charge on any atom is 0.408 e. The summed E-state index contributed by atoms with van der Waals surface area (Å²) < 4.78 is 10.4. The van der Waals surface area contributed by atoms with Crippen LogP contribution in [0.5, 0.6) is 5.75 Å². The molecule has 0 bridgehead atoms. The highest BCUT2D eigenvalue weighted by Gasteiger charge is 2.23. The van der Waals surface area contributed by atoms with E-state index in [0.29, 0.717) is 17.9 Å². The van der Waals surface area contributed by atoms with Crippen LogP contribution < -0.4 is 15.5 Å². The Labute approximate surface area is 180 Å². The maximum absolute atomic E-state index is 12.5. The van der Waals surface area contributed by atoms with Gasteiger partial charge in [-0.3, -0.25) is 4.79 Å². The van der Waals surface area contributed by atoms with E-state index in [1.807, 2.05) is 30.5 Å². The molecule has 2 amide bonds. The lowest BCUT2D eigenvalue weighted by atomic mass is 10.2. The van der Waals surface area contributed by atoms with Gasteiger partial charge in [-0.1, -0.05) is 6.07 Å². The topological polar surface area (TPSA) is 102 Å². The predicted octanol–water partition coefficient (Wildman–Crippen LogP) is 3.34. The van der Waals surface area contributed by atoms with E-state index in [1.54, 1.807) is 45.7 Å². The number of amides is 2. The van der Waals surface area contributed by atoms with Crippen molar-refractivity contribution in [2.75, 3.05) is 19.1 Å². The van der Waals surface area contributed by atoms with Crippen LogP contribution in [0.1, 0.15) is 32.9 Å². The molecule has 0 unspecified atom stereocenters. The van der Waals surface area contributed by atoms with Gasteiger partial charge in [-0.2, -0.15) is 16.9 Å². The lowest BCUT2D eigenvalue weighted by Crippen LogP contribution is -2.47. The van der Waals surface area contributed by atoms with Crippen molar-refractivity contribution in [1.82, 2.24) is 15.7 Å². The molecule has 1 aromatic carbocycles. The van der Waals surface area contributed by atoms with E-state index in [0.717, 1.165) is 16.7 Å². The smallest absolute Gasteiger partial charge is 0.408 e. The SMILES string of the molecule is COc1ccc2nc(C=NNC(=O)[C@H](CCSC)NC(=O)OC(C)(C)C)ccc2c1. The lowest BCUT2D eigenvalue weighted by molar-refractivity contribution is -0.123. The quantitative estimate of drug-likeness (QED) is 0.490. The zero-order valence-corrected chi connectivity index (χ0v) is 18.7. The summed E-state index contributed by atoms with van der Waals surface area (Å²) in [5.74, 6) is 1.04. The van der Waals surface area contributed by atoms with Crippen molar-refractivity contribution in [1.29, 1.82) is 0 Å². The van der Waals surface area contributed by atoms with Crippen molar-refractivity contribution in [3.05, 3.63) is 36.0 Å². The standard InChI is InChI=1S/C21H28N4O4S/c1-21(2,3)29-20(27)24-18(10-11-30-5)19(26)25-22-13-15-7-6-14-12-16(28-4)8-9-17(14)23-15/h6-9,12-13,18H,10-11H2,1-5H3,(H,24,27)(H,25,26)/t18-/m0/s1. The van der Waals surface area contributed by atoms with Crippen molar-refractivity contribution in [2.45, 2.75) is 38.8 Å². The molecule has 9 heteroatoms. The van der Waals surface area contributed by atoms with Crippen LogP contribution in [-0.4, -0.2) is 54.0 Å². The number of ether oxygens (including phenoxy) is 2. The van der Waals surface area contributed by atoms with Crippen LogP contribution in [0.4, 0.5) is 4.79 Å². The number of rotatable bonds is 8. The lowest BCUT2D eigenvalue weighted by Gasteiger charge is -2.22. The van der Waals surface area contributed by atoms with E-state index < -0.39 is 23.6 Å². The molecule has 1 heterocycles. The molecule has 1 atom stereocenters. The van der Waals surface area contributed by atoms with Crippen LogP contribution in [0.25, 0.3) is 10.9 Å². The van der Waals surface area contributed by atoms with Crippen LogP contribution in [0, 0.1) is 0 Å². The summed E-state index contributed by atoms with van der Waals surface area (Å²) in [6.07, 6.45) is 3.21. The van der Waals surface area contributed by atoms with Crippen LogP contribution in [0.3, 0.4) is 0 Å². The highest BCUT2D eigenvalue weighted by molar-refractivity contribution is 7.98. The summed E-state index contributed by atoms with van der Waals surface area (Å²) in [6.45, 7) is 5.29. The van der Waals surface area contributed by atoms with Gasteiger partial charge in [0.15, 0.2) is 0 Å². The third-order valence-electron chi connectivity index (χ3n) is 3.91.